The van der Waals surface area contributed by atoms with Crippen molar-refractivity contribution in [1.29, 1.82) is 0 Å². The quantitative estimate of drug-likeness (QED) is 0.636. The van der Waals surface area contributed by atoms with Gasteiger partial charge in [-0.05, 0) is 12.8 Å². The standard InChI is InChI=1S/C10H20N2O3/c1-5-6(2)8(11)9(13)12-7(3)10(14)15-4/h6-8H,5,11H2,1-4H3,(H,12,13)/t6?,7-,8?/m1/s1. The lowest BCUT2D eigenvalue weighted by molar-refractivity contribution is -0.144. The molecule has 0 saturated heterocycles. The number of amides is 1. The zero-order valence-corrected chi connectivity index (χ0v) is 9.74. The Balaban J connectivity index is 4.18. The van der Waals surface area contributed by atoms with Crippen molar-refractivity contribution in [1.82, 2.24) is 5.32 Å². The molecule has 3 N–H and O–H groups in total. The molecule has 0 spiro atoms. The van der Waals surface area contributed by atoms with Gasteiger partial charge in [0.25, 0.3) is 0 Å². The van der Waals surface area contributed by atoms with E-state index in [0.717, 1.165) is 6.42 Å². The number of nitrogens with two attached hydrogens (primary N) is 1. The van der Waals surface area contributed by atoms with Gasteiger partial charge in [0, 0.05) is 0 Å². The lowest BCUT2D eigenvalue weighted by atomic mass is 9.99. The summed E-state index contributed by atoms with van der Waals surface area (Å²) in [6.07, 6.45) is 0.821. The van der Waals surface area contributed by atoms with Crippen LogP contribution in [0.5, 0.6) is 0 Å². The fraction of sp³-hybridized carbons (Fsp3) is 0.800. The molecule has 0 bridgehead atoms. The third-order valence-corrected chi connectivity index (χ3v) is 2.47. The normalized spacial score (nSPS) is 16.3. The average Bonchev–Trinajstić information content (AvgIpc) is 2.25. The Labute approximate surface area is 90.4 Å². The highest BCUT2D eigenvalue weighted by molar-refractivity contribution is 5.87. The van der Waals surface area contributed by atoms with Gasteiger partial charge in [0.15, 0.2) is 0 Å². The average molecular weight is 216 g/mol. The van der Waals surface area contributed by atoms with E-state index >= 15 is 0 Å². The maximum absolute atomic E-state index is 11.5. The van der Waals surface area contributed by atoms with Gasteiger partial charge in [0.2, 0.25) is 5.91 Å². The molecule has 1 amide bonds. The van der Waals surface area contributed by atoms with Crippen molar-refractivity contribution in [3.63, 3.8) is 0 Å². The van der Waals surface area contributed by atoms with E-state index in [0.29, 0.717) is 0 Å². The van der Waals surface area contributed by atoms with Crippen LogP contribution in [-0.4, -0.2) is 31.1 Å². The second-order valence-electron chi connectivity index (χ2n) is 3.66. The van der Waals surface area contributed by atoms with Crippen molar-refractivity contribution in [2.45, 2.75) is 39.3 Å². The topological polar surface area (TPSA) is 81.4 Å². The lowest BCUT2D eigenvalue weighted by Gasteiger charge is -2.19. The first-order valence-electron chi connectivity index (χ1n) is 5.07. The van der Waals surface area contributed by atoms with Gasteiger partial charge in [-0.25, -0.2) is 4.79 Å². The van der Waals surface area contributed by atoms with Crippen LogP contribution >= 0.6 is 0 Å². The van der Waals surface area contributed by atoms with Gasteiger partial charge in [0.05, 0.1) is 13.2 Å². The molecule has 0 radical (unpaired) electrons. The van der Waals surface area contributed by atoms with Crippen molar-refractivity contribution in [2.24, 2.45) is 11.7 Å². The first kappa shape index (κ1) is 13.9. The number of hydrogen-bond donors (Lipinski definition) is 2. The summed E-state index contributed by atoms with van der Waals surface area (Å²) in [6, 6.07) is -1.24. The second kappa shape index (κ2) is 6.40. The number of nitrogens with one attached hydrogen (secondary N) is 1. The number of methoxy groups -OCH3 is 1. The highest BCUT2D eigenvalue weighted by atomic mass is 16.5. The van der Waals surface area contributed by atoms with E-state index in [-0.39, 0.29) is 11.8 Å². The Kier molecular flexibility index (Phi) is 5.93. The predicted octanol–water partition coefficient (Wildman–Crippen LogP) is 0.0375. The SMILES string of the molecule is CCC(C)C(N)C(=O)N[C@H](C)C(=O)OC. The zero-order chi connectivity index (χ0) is 12.0. The van der Waals surface area contributed by atoms with Gasteiger partial charge in [-0.3, -0.25) is 4.79 Å². The van der Waals surface area contributed by atoms with Gasteiger partial charge < -0.3 is 15.8 Å². The Morgan fingerprint density at radius 1 is 1.40 bits per heavy atom. The minimum atomic E-state index is -0.655. The minimum absolute atomic E-state index is 0.0925. The Bertz CT molecular complexity index is 231. The van der Waals surface area contributed by atoms with Crippen LogP contribution in [-0.2, 0) is 14.3 Å². The fourth-order valence-corrected chi connectivity index (χ4v) is 1.06. The molecule has 15 heavy (non-hydrogen) atoms. The van der Waals surface area contributed by atoms with Crippen molar-refractivity contribution < 1.29 is 14.3 Å². The van der Waals surface area contributed by atoms with Crippen LogP contribution < -0.4 is 11.1 Å². The number of carbonyl (C=O) groups excluding carboxylic acids is 2. The van der Waals surface area contributed by atoms with E-state index in [9.17, 15) is 9.59 Å². The van der Waals surface area contributed by atoms with Crippen LogP contribution in [0.4, 0.5) is 0 Å². The molecule has 0 aliphatic heterocycles. The van der Waals surface area contributed by atoms with Crippen molar-refractivity contribution in [3.05, 3.63) is 0 Å². The van der Waals surface area contributed by atoms with E-state index < -0.39 is 18.1 Å². The first-order valence-corrected chi connectivity index (χ1v) is 5.07. The molecule has 0 aromatic heterocycles. The Morgan fingerprint density at radius 3 is 2.33 bits per heavy atom. The Hall–Kier alpha value is -1.10. The number of hydrogen-bond acceptors (Lipinski definition) is 4. The molecule has 5 nitrogen and oxygen atoms in total. The lowest BCUT2D eigenvalue weighted by Crippen LogP contribution is -2.49. The van der Waals surface area contributed by atoms with E-state index in [1.165, 1.54) is 7.11 Å². The third kappa shape index (κ3) is 4.29. The molecule has 0 fully saturated rings. The molecule has 0 aromatic carbocycles. The van der Waals surface area contributed by atoms with Gasteiger partial charge in [-0.2, -0.15) is 0 Å². The van der Waals surface area contributed by atoms with Crippen molar-refractivity contribution in [2.75, 3.05) is 7.11 Å². The maximum Gasteiger partial charge on any atom is 0.328 e. The molecule has 0 aromatic rings. The van der Waals surface area contributed by atoms with Crippen LogP contribution in [0.2, 0.25) is 0 Å². The highest BCUT2D eigenvalue weighted by Crippen LogP contribution is 2.05. The van der Waals surface area contributed by atoms with Gasteiger partial charge in [0.1, 0.15) is 6.04 Å². The summed E-state index contributed by atoms with van der Waals surface area (Å²) >= 11 is 0. The van der Waals surface area contributed by atoms with Gasteiger partial charge in [-0.15, -0.1) is 0 Å². The van der Waals surface area contributed by atoms with Gasteiger partial charge >= 0.3 is 5.97 Å². The number of esters is 1. The van der Waals surface area contributed by atoms with Crippen LogP contribution in [0.25, 0.3) is 0 Å². The van der Waals surface area contributed by atoms with E-state index in [1.807, 2.05) is 13.8 Å². The molecule has 0 saturated carbocycles. The van der Waals surface area contributed by atoms with E-state index in [1.54, 1.807) is 6.92 Å². The van der Waals surface area contributed by atoms with E-state index in [2.05, 4.69) is 10.1 Å². The summed E-state index contributed by atoms with van der Waals surface area (Å²) in [6.45, 7) is 5.42. The Morgan fingerprint density at radius 2 is 1.93 bits per heavy atom. The molecule has 0 heterocycles. The van der Waals surface area contributed by atoms with Crippen LogP contribution in [0.1, 0.15) is 27.2 Å². The first-order chi connectivity index (χ1) is 6.93. The van der Waals surface area contributed by atoms with Crippen molar-refractivity contribution in [3.8, 4) is 0 Å². The molecular formula is C10H20N2O3. The molecule has 2 unspecified atom stereocenters. The maximum atomic E-state index is 11.5. The van der Waals surface area contributed by atoms with Crippen LogP contribution in [0.3, 0.4) is 0 Å². The molecule has 0 aliphatic rings. The monoisotopic (exact) mass is 216 g/mol. The second-order valence-corrected chi connectivity index (χ2v) is 3.66. The van der Waals surface area contributed by atoms with Crippen molar-refractivity contribution >= 4 is 11.9 Å². The van der Waals surface area contributed by atoms with Crippen LogP contribution in [0, 0.1) is 5.92 Å². The summed E-state index contributed by atoms with van der Waals surface area (Å²) < 4.78 is 4.48. The predicted molar refractivity (Wildman–Crippen MR) is 57.1 cm³/mol. The third-order valence-electron chi connectivity index (χ3n) is 2.47. The molecular weight excluding hydrogens is 196 g/mol. The fourth-order valence-electron chi connectivity index (χ4n) is 1.06. The molecule has 0 rings (SSSR count). The molecule has 88 valence electrons. The molecule has 3 atom stereocenters. The van der Waals surface area contributed by atoms with Crippen LogP contribution in [0.15, 0.2) is 0 Å². The summed E-state index contributed by atoms with van der Waals surface area (Å²) in [5.74, 6) is -0.697. The van der Waals surface area contributed by atoms with E-state index in [4.69, 9.17) is 5.73 Å². The summed E-state index contributed by atoms with van der Waals surface area (Å²) in [5, 5.41) is 2.51. The smallest absolute Gasteiger partial charge is 0.328 e. The molecule has 5 heteroatoms. The van der Waals surface area contributed by atoms with Gasteiger partial charge in [-0.1, -0.05) is 20.3 Å². The highest BCUT2D eigenvalue weighted by Gasteiger charge is 2.23. The number of rotatable bonds is 5. The molecule has 0 aliphatic carbocycles. The number of ether oxygens (including phenoxy) is 1. The minimum Gasteiger partial charge on any atom is -0.467 e. The number of carbonyl (C=O) groups is 2. The zero-order valence-electron chi connectivity index (χ0n) is 9.74. The largest absolute Gasteiger partial charge is 0.467 e. The summed E-state index contributed by atoms with van der Waals surface area (Å²) in [7, 11) is 1.28. The summed E-state index contributed by atoms with van der Waals surface area (Å²) in [4.78, 5) is 22.6. The summed E-state index contributed by atoms with van der Waals surface area (Å²) in [5.41, 5.74) is 5.70.